The van der Waals surface area contributed by atoms with E-state index in [0.717, 1.165) is 26.9 Å². The van der Waals surface area contributed by atoms with Crippen molar-refractivity contribution in [3.05, 3.63) is 0 Å². The Labute approximate surface area is 81.7 Å². The van der Waals surface area contributed by atoms with E-state index in [2.05, 4.69) is 11.8 Å². The number of hydrogen-bond donors (Lipinski definition) is 1. The molecule has 1 aliphatic rings. The first kappa shape index (κ1) is 12.9. The second-order valence-corrected chi connectivity index (χ2v) is 3.10. The molecule has 0 unspecified atom stereocenters. The fourth-order valence-corrected chi connectivity index (χ4v) is 1.52. The summed E-state index contributed by atoms with van der Waals surface area (Å²) in [6.45, 7) is 7.52. The van der Waals surface area contributed by atoms with Gasteiger partial charge in [0.1, 0.15) is 0 Å². The van der Waals surface area contributed by atoms with E-state index in [1.54, 1.807) is 0 Å². The topological polar surface area (TPSA) is 32.7 Å². The minimum absolute atomic E-state index is 0.855. The van der Waals surface area contributed by atoms with E-state index >= 15 is 0 Å². The highest BCUT2D eigenvalue weighted by atomic mass is 16.5. The molecule has 1 N–H and O–H groups in total. The molecule has 1 aliphatic heterocycles. The van der Waals surface area contributed by atoms with Crippen LogP contribution in [0.3, 0.4) is 0 Å². The summed E-state index contributed by atoms with van der Waals surface area (Å²) in [5, 5.41) is 7.00. The first-order chi connectivity index (χ1) is 6.43. The number of ether oxygens (including phenoxy) is 1. The van der Waals surface area contributed by atoms with Crippen LogP contribution in [0.2, 0.25) is 0 Å². The van der Waals surface area contributed by atoms with E-state index in [0.29, 0.717) is 0 Å². The molecular weight excluding hydrogens is 166 g/mol. The molecule has 0 bridgehead atoms. The molecule has 0 atom stereocenters. The molecule has 0 aromatic rings. The van der Waals surface area contributed by atoms with Gasteiger partial charge in [-0.05, 0) is 32.9 Å². The first-order valence-corrected chi connectivity index (χ1v) is 5.18. The predicted molar refractivity (Wildman–Crippen MR) is 54.9 cm³/mol. The molecule has 1 heterocycles. The van der Waals surface area contributed by atoms with Gasteiger partial charge in [-0.2, -0.15) is 0 Å². The van der Waals surface area contributed by atoms with E-state index in [1.165, 1.54) is 32.4 Å². The minimum Gasteiger partial charge on any atom is -0.400 e. The molecular formula is C10H23NO2. The van der Waals surface area contributed by atoms with Crippen LogP contribution in [0.4, 0.5) is 0 Å². The maximum atomic E-state index is 7.00. The largest absolute Gasteiger partial charge is 0.400 e. The van der Waals surface area contributed by atoms with Gasteiger partial charge in [0.2, 0.25) is 0 Å². The Morgan fingerprint density at radius 2 is 1.77 bits per heavy atom. The van der Waals surface area contributed by atoms with Gasteiger partial charge >= 0.3 is 0 Å². The molecule has 3 heteroatoms. The Hall–Kier alpha value is -0.120. The quantitative estimate of drug-likeness (QED) is 0.673. The van der Waals surface area contributed by atoms with E-state index in [9.17, 15) is 0 Å². The Morgan fingerprint density at radius 3 is 2.31 bits per heavy atom. The zero-order valence-corrected chi connectivity index (χ0v) is 8.96. The third kappa shape index (κ3) is 6.99. The van der Waals surface area contributed by atoms with Crippen LogP contribution < -0.4 is 0 Å². The lowest BCUT2D eigenvalue weighted by atomic mass is 10.1. The van der Waals surface area contributed by atoms with Gasteiger partial charge in [0.25, 0.3) is 0 Å². The Bertz CT molecular complexity index is 92.9. The molecule has 0 amide bonds. The molecule has 1 saturated heterocycles. The predicted octanol–water partition coefficient (Wildman–Crippen LogP) is 1.12. The minimum atomic E-state index is 0.855. The van der Waals surface area contributed by atoms with E-state index in [1.807, 2.05) is 0 Å². The SMILES string of the molecule is CCOCCN1CCCCC1.CO. The van der Waals surface area contributed by atoms with Gasteiger partial charge in [-0.3, -0.25) is 0 Å². The summed E-state index contributed by atoms with van der Waals surface area (Å²) in [7, 11) is 1.00. The zero-order chi connectivity index (χ0) is 9.94. The fourth-order valence-electron chi connectivity index (χ4n) is 1.52. The van der Waals surface area contributed by atoms with Crippen molar-refractivity contribution >= 4 is 0 Å². The summed E-state index contributed by atoms with van der Waals surface area (Å²) in [6, 6.07) is 0. The number of aliphatic hydroxyl groups excluding tert-OH is 1. The second-order valence-electron chi connectivity index (χ2n) is 3.10. The summed E-state index contributed by atoms with van der Waals surface area (Å²) in [5.41, 5.74) is 0. The smallest absolute Gasteiger partial charge is 0.0593 e. The molecule has 1 fully saturated rings. The van der Waals surface area contributed by atoms with Crippen LogP contribution in [-0.2, 0) is 4.74 Å². The van der Waals surface area contributed by atoms with Crippen molar-refractivity contribution in [3.8, 4) is 0 Å². The Balaban J connectivity index is 0.000000671. The summed E-state index contributed by atoms with van der Waals surface area (Å²) in [4.78, 5) is 2.50. The first-order valence-electron chi connectivity index (χ1n) is 5.18. The van der Waals surface area contributed by atoms with Crippen LogP contribution in [0.5, 0.6) is 0 Å². The molecule has 0 aliphatic carbocycles. The van der Waals surface area contributed by atoms with Crippen LogP contribution in [0.25, 0.3) is 0 Å². The van der Waals surface area contributed by atoms with Gasteiger partial charge in [-0.15, -0.1) is 0 Å². The summed E-state index contributed by atoms with van der Waals surface area (Å²) in [6.07, 6.45) is 4.18. The van der Waals surface area contributed by atoms with Crippen LogP contribution in [0, 0.1) is 0 Å². The van der Waals surface area contributed by atoms with Crippen molar-refractivity contribution in [2.24, 2.45) is 0 Å². The number of nitrogens with zero attached hydrogens (tertiary/aromatic N) is 1. The molecule has 0 radical (unpaired) electrons. The highest BCUT2D eigenvalue weighted by Crippen LogP contribution is 2.07. The van der Waals surface area contributed by atoms with Gasteiger partial charge in [0.05, 0.1) is 6.61 Å². The van der Waals surface area contributed by atoms with E-state index in [-0.39, 0.29) is 0 Å². The van der Waals surface area contributed by atoms with Crippen LogP contribution in [0.1, 0.15) is 26.2 Å². The second kappa shape index (κ2) is 9.96. The maximum Gasteiger partial charge on any atom is 0.0593 e. The number of hydrogen-bond acceptors (Lipinski definition) is 3. The number of likely N-dealkylation sites (tertiary alicyclic amines) is 1. The van der Waals surface area contributed by atoms with Gasteiger partial charge in [-0.25, -0.2) is 0 Å². The number of piperidine rings is 1. The number of aliphatic hydroxyl groups is 1. The molecule has 0 aromatic carbocycles. The molecule has 0 saturated carbocycles. The molecule has 3 nitrogen and oxygen atoms in total. The summed E-state index contributed by atoms with van der Waals surface area (Å²) < 4.78 is 5.29. The molecule has 13 heavy (non-hydrogen) atoms. The third-order valence-electron chi connectivity index (χ3n) is 2.20. The lowest BCUT2D eigenvalue weighted by molar-refractivity contribution is 0.105. The summed E-state index contributed by atoms with van der Waals surface area (Å²) >= 11 is 0. The normalized spacial score (nSPS) is 17.8. The van der Waals surface area contributed by atoms with E-state index < -0.39 is 0 Å². The Kier molecular flexibility index (Phi) is 9.87. The highest BCUT2D eigenvalue weighted by Gasteiger charge is 2.08. The van der Waals surface area contributed by atoms with Crippen molar-refractivity contribution in [1.29, 1.82) is 0 Å². The van der Waals surface area contributed by atoms with Crippen LogP contribution in [-0.4, -0.2) is 50.0 Å². The molecule has 1 rings (SSSR count). The average molecular weight is 189 g/mol. The van der Waals surface area contributed by atoms with Gasteiger partial charge in [-0.1, -0.05) is 6.42 Å². The monoisotopic (exact) mass is 189 g/mol. The lowest BCUT2D eigenvalue weighted by Gasteiger charge is -2.25. The van der Waals surface area contributed by atoms with Gasteiger partial charge in [0.15, 0.2) is 0 Å². The maximum absolute atomic E-state index is 7.00. The highest BCUT2D eigenvalue weighted by molar-refractivity contribution is 4.63. The number of rotatable bonds is 4. The van der Waals surface area contributed by atoms with Crippen LogP contribution in [0.15, 0.2) is 0 Å². The van der Waals surface area contributed by atoms with Crippen molar-refractivity contribution < 1.29 is 9.84 Å². The van der Waals surface area contributed by atoms with Crippen molar-refractivity contribution in [3.63, 3.8) is 0 Å². The van der Waals surface area contributed by atoms with E-state index in [4.69, 9.17) is 9.84 Å². The lowest BCUT2D eigenvalue weighted by Crippen LogP contribution is -2.32. The van der Waals surface area contributed by atoms with Gasteiger partial charge < -0.3 is 14.7 Å². The molecule has 0 spiro atoms. The fraction of sp³-hybridized carbons (Fsp3) is 1.00. The molecule has 80 valence electrons. The summed E-state index contributed by atoms with van der Waals surface area (Å²) in [5.74, 6) is 0. The Morgan fingerprint density at radius 1 is 1.15 bits per heavy atom. The average Bonchev–Trinajstić information content (AvgIpc) is 2.23. The van der Waals surface area contributed by atoms with Crippen molar-refractivity contribution in [2.75, 3.05) is 40.0 Å². The van der Waals surface area contributed by atoms with Gasteiger partial charge in [0, 0.05) is 20.3 Å². The standard InChI is InChI=1S/C9H19NO.CH4O/c1-2-11-9-8-10-6-4-3-5-7-10;1-2/h2-9H2,1H3;2H,1H3. The zero-order valence-electron chi connectivity index (χ0n) is 8.96. The van der Waals surface area contributed by atoms with Crippen LogP contribution >= 0.6 is 0 Å². The molecule has 0 aromatic heterocycles. The third-order valence-corrected chi connectivity index (χ3v) is 2.20. The van der Waals surface area contributed by atoms with Crippen molar-refractivity contribution in [2.45, 2.75) is 26.2 Å². The van der Waals surface area contributed by atoms with Crippen molar-refractivity contribution in [1.82, 2.24) is 4.90 Å².